The highest BCUT2D eigenvalue weighted by molar-refractivity contribution is 8.18. The predicted molar refractivity (Wildman–Crippen MR) is 111 cm³/mol. The van der Waals surface area contributed by atoms with Crippen molar-refractivity contribution in [1.82, 2.24) is 4.90 Å². The molecular formula is C20H18N2O7S. The predicted octanol–water partition coefficient (Wildman–Crippen LogP) is 3.86. The Labute approximate surface area is 176 Å². The minimum atomic E-state index is -0.511. The number of nitrogens with zero attached hydrogens (tertiary/aromatic N) is 2. The first-order valence-corrected chi connectivity index (χ1v) is 9.48. The van der Waals surface area contributed by atoms with Crippen molar-refractivity contribution in [3.8, 4) is 17.2 Å². The first-order chi connectivity index (χ1) is 14.4. The van der Waals surface area contributed by atoms with Crippen LogP contribution in [0.4, 0.5) is 10.5 Å². The van der Waals surface area contributed by atoms with Crippen molar-refractivity contribution < 1.29 is 28.7 Å². The zero-order valence-corrected chi connectivity index (χ0v) is 17.2. The molecule has 10 heteroatoms. The fourth-order valence-electron chi connectivity index (χ4n) is 2.85. The second kappa shape index (κ2) is 8.87. The Morgan fingerprint density at radius 1 is 1.00 bits per heavy atom. The Kier molecular flexibility index (Phi) is 6.26. The van der Waals surface area contributed by atoms with E-state index in [4.69, 9.17) is 14.2 Å². The van der Waals surface area contributed by atoms with Gasteiger partial charge in [-0.25, -0.2) is 0 Å². The molecule has 1 aliphatic rings. The fraction of sp³-hybridized carbons (Fsp3) is 0.200. The number of carbonyl (C=O) groups excluding carboxylic acids is 2. The van der Waals surface area contributed by atoms with E-state index in [2.05, 4.69) is 0 Å². The van der Waals surface area contributed by atoms with E-state index in [-0.39, 0.29) is 17.1 Å². The summed E-state index contributed by atoms with van der Waals surface area (Å²) in [5.41, 5.74) is 1.09. The van der Waals surface area contributed by atoms with Gasteiger partial charge in [-0.05, 0) is 29.5 Å². The summed E-state index contributed by atoms with van der Waals surface area (Å²) in [6, 6.07) is 8.98. The van der Waals surface area contributed by atoms with E-state index < -0.39 is 16.1 Å². The molecule has 3 rings (SSSR count). The average molecular weight is 430 g/mol. The quantitative estimate of drug-likeness (QED) is 0.370. The van der Waals surface area contributed by atoms with E-state index >= 15 is 0 Å². The Balaban J connectivity index is 1.87. The summed E-state index contributed by atoms with van der Waals surface area (Å²) in [6.45, 7) is 0.0169. The topological polar surface area (TPSA) is 108 Å². The summed E-state index contributed by atoms with van der Waals surface area (Å²) in [5, 5.41) is 10.3. The number of ether oxygens (including phenoxy) is 3. The Bertz CT molecular complexity index is 1030. The molecule has 2 aromatic carbocycles. The first-order valence-electron chi connectivity index (χ1n) is 8.66. The van der Waals surface area contributed by atoms with E-state index in [9.17, 15) is 19.7 Å². The Morgan fingerprint density at radius 3 is 2.17 bits per heavy atom. The third kappa shape index (κ3) is 4.23. The maximum Gasteiger partial charge on any atom is 0.293 e. The number of carbonyl (C=O) groups is 2. The number of non-ortho nitro benzene ring substituents is 1. The van der Waals surface area contributed by atoms with Crippen molar-refractivity contribution in [2.24, 2.45) is 0 Å². The smallest absolute Gasteiger partial charge is 0.293 e. The standard InChI is InChI=1S/C20H18N2O7S/c1-27-15-10-17(29-3)16(28-2)8-13(15)9-18-19(23)21(20(24)30-18)11-12-4-6-14(7-5-12)22(25)26/h4-10H,11H2,1-3H3. The number of thioether (sulfide) groups is 1. The second-order valence-electron chi connectivity index (χ2n) is 6.14. The maximum absolute atomic E-state index is 12.8. The van der Waals surface area contributed by atoms with Gasteiger partial charge < -0.3 is 14.2 Å². The number of nitro benzene ring substituents is 1. The highest BCUT2D eigenvalue weighted by Crippen LogP contribution is 2.39. The van der Waals surface area contributed by atoms with Gasteiger partial charge in [0.15, 0.2) is 11.5 Å². The lowest BCUT2D eigenvalue weighted by atomic mass is 10.1. The monoisotopic (exact) mass is 430 g/mol. The van der Waals surface area contributed by atoms with Crippen LogP contribution in [0.2, 0.25) is 0 Å². The molecule has 0 N–H and O–H groups in total. The van der Waals surface area contributed by atoms with E-state index in [1.165, 1.54) is 45.6 Å². The lowest BCUT2D eigenvalue weighted by Crippen LogP contribution is -2.27. The lowest BCUT2D eigenvalue weighted by molar-refractivity contribution is -0.384. The van der Waals surface area contributed by atoms with Gasteiger partial charge in [-0.2, -0.15) is 0 Å². The van der Waals surface area contributed by atoms with E-state index in [1.807, 2.05) is 0 Å². The summed E-state index contributed by atoms with van der Waals surface area (Å²) >= 11 is 0.809. The molecule has 2 aromatic rings. The Hall–Kier alpha value is -3.53. The number of hydrogen-bond donors (Lipinski definition) is 0. The van der Waals surface area contributed by atoms with Crippen molar-refractivity contribution in [1.29, 1.82) is 0 Å². The number of nitro groups is 1. The number of amides is 2. The van der Waals surface area contributed by atoms with E-state index in [0.29, 0.717) is 28.4 Å². The van der Waals surface area contributed by atoms with Crippen molar-refractivity contribution in [3.05, 3.63) is 62.5 Å². The van der Waals surface area contributed by atoms with Gasteiger partial charge in [-0.3, -0.25) is 24.6 Å². The highest BCUT2D eigenvalue weighted by Gasteiger charge is 2.35. The number of rotatable bonds is 7. The van der Waals surface area contributed by atoms with Crippen molar-refractivity contribution >= 4 is 34.7 Å². The van der Waals surface area contributed by atoms with Crippen LogP contribution < -0.4 is 14.2 Å². The van der Waals surface area contributed by atoms with Crippen LogP contribution in [0.25, 0.3) is 6.08 Å². The largest absolute Gasteiger partial charge is 0.496 e. The van der Waals surface area contributed by atoms with E-state index in [0.717, 1.165) is 16.7 Å². The zero-order chi connectivity index (χ0) is 21.8. The van der Waals surface area contributed by atoms with Gasteiger partial charge in [0.2, 0.25) is 0 Å². The van der Waals surface area contributed by atoms with Crippen molar-refractivity contribution in [2.45, 2.75) is 6.54 Å². The van der Waals surface area contributed by atoms with Crippen LogP contribution in [0, 0.1) is 10.1 Å². The van der Waals surface area contributed by atoms with Gasteiger partial charge in [-0.1, -0.05) is 12.1 Å². The molecule has 2 amide bonds. The molecule has 0 spiro atoms. The zero-order valence-electron chi connectivity index (χ0n) is 16.4. The molecular weight excluding hydrogens is 412 g/mol. The number of benzene rings is 2. The summed E-state index contributed by atoms with van der Waals surface area (Å²) in [6.07, 6.45) is 1.56. The Morgan fingerprint density at radius 2 is 1.60 bits per heavy atom. The molecule has 0 radical (unpaired) electrons. The first kappa shape index (κ1) is 21.2. The molecule has 9 nitrogen and oxygen atoms in total. The van der Waals surface area contributed by atoms with Gasteiger partial charge in [0.05, 0.1) is 37.7 Å². The van der Waals surface area contributed by atoms with Crippen molar-refractivity contribution in [2.75, 3.05) is 21.3 Å². The minimum absolute atomic E-state index is 0.0169. The van der Waals surface area contributed by atoms with E-state index in [1.54, 1.807) is 18.2 Å². The lowest BCUT2D eigenvalue weighted by Gasteiger charge is -2.13. The fourth-order valence-corrected chi connectivity index (χ4v) is 3.68. The molecule has 1 fully saturated rings. The van der Waals surface area contributed by atoms with Gasteiger partial charge in [0, 0.05) is 23.8 Å². The van der Waals surface area contributed by atoms with Crippen LogP contribution in [0.5, 0.6) is 17.2 Å². The van der Waals surface area contributed by atoms with Crippen LogP contribution in [0.1, 0.15) is 11.1 Å². The van der Waals surface area contributed by atoms with Crippen LogP contribution in [-0.2, 0) is 11.3 Å². The number of hydrogen-bond acceptors (Lipinski definition) is 8. The molecule has 0 aromatic heterocycles. The second-order valence-corrected chi connectivity index (χ2v) is 7.13. The molecule has 0 unspecified atom stereocenters. The average Bonchev–Trinajstić information content (AvgIpc) is 3.01. The van der Waals surface area contributed by atoms with Crippen molar-refractivity contribution in [3.63, 3.8) is 0 Å². The third-order valence-corrected chi connectivity index (χ3v) is 5.29. The third-order valence-electron chi connectivity index (χ3n) is 4.38. The summed E-state index contributed by atoms with van der Waals surface area (Å²) < 4.78 is 15.9. The van der Waals surface area contributed by atoms with Crippen LogP contribution >= 0.6 is 11.8 Å². The molecule has 30 heavy (non-hydrogen) atoms. The van der Waals surface area contributed by atoms with Gasteiger partial charge in [-0.15, -0.1) is 0 Å². The van der Waals surface area contributed by atoms with Gasteiger partial charge >= 0.3 is 0 Å². The van der Waals surface area contributed by atoms with Crippen LogP contribution in [-0.4, -0.2) is 42.3 Å². The van der Waals surface area contributed by atoms with Crippen LogP contribution in [0.3, 0.4) is 0 Å². The summed E-state index contributed by atoms with van der Waals surface area (Å²) in [4.78, 5) is 36.7. The van der Waals surface area contributed by atoms with Gasteiger partial charge in [0.25, 0.3) is 16.8 Å². The highest BCUT2D eigenvalue weighted by atomic mass is 32.2. The molecule has 156 valence electrons. The SMILES string of the molecule is COc1cc(OC)c(OC)cc1C=C1SC(=O)N(Cc2ccc([N+](=O)[O-])cc2)C1=O. The molecule has 1 saturated heterocycles. The minimum Gasteiger partial charge on any atom is -0.496 e. The molecule has 1 aliphatic heterocycles. The summed E-state index contributed by atoms with van der Waals surface area (Å²) in [5.74, 6) is 0.919. The molecule has 0 atom stereocenters. The molecule has 0 saturated carbocycles. The van der Waals surface area contributed by atoms with Crippen LogP contribution in [0.15, 0.2) is 41.3 Å². The summed E-state index contributed by atoms with van der Waals surface area (Å²) in [7, 11) is 4.48. The maximum atomic E-state index is 12.8. The van der Waals surface area contributed by atoms with Gasteiger partial charge in [0.1, 0.15) is 5.75 Å². The number of imide groups is 1. The normalized spacial score (nSPS) is 14.9. The number of methoxy groups -OCH3 is 3. The molecule has 1 heterocycles. The molecule has 0 bridgehead atoms. The molecule has 0 aliphatic carbocycles.